The van der Waals surface area contributed by atoms with E-state index in [1.54, 1.807) is 12.1 Å². The summed E-state index contributed by atoms with van der Waals surface area (Å²) in [5.74, 6) is 0.251. The van der Waals surface area contributed by atoms with E-state index in [9.17, 15) is 5.11 Å². The predicted octanol–water partition coefficient (Wildman–Crippen LogP) is 5.98. The van der Waals surface area contributed by atoms with Crippen molar-refractivity contribution in [2.75, 3.05) is 5.73 Å². The van der Waals surface area contributed by atoms with Gasteiger partial charge >= 0.3 is 0 Å². The molecule has 0 atom stereocenters. The molecule has 136 valence electrons. The Morgan fingerprint density at radius 1 is 0.464 bits per heavy atom. The summed E-state index contributed by atoms with van der Waals surface area (Å²) < 4.78 is 0. The maximum absolute atomic E-state index is 9.79. The molecule has 0 aromatic heterocycles. The number of nitrogens with two attached hydrogens (primary N) is 1. The molecule has 0 spiro atoms. The van der Waals surface area contributed by atoms with Crippen molar-refractivity contribution in [2.24, 2.45) is 0 Å². The van der Waals surface area contributed by atoms with Crippen LogP contribution in [-0.2, 0) is 0 Å². The lowest BCUT2D eigenvalue weighted by molar-refractivity contribution is 0.475. The van der Waals surface area contributed by atoms with Crippen LogP contribution in [0.5, 0.6) is 5.75 Å². The lowest BCUT2D eigenvalue weighted by Gasteiger charge is -2.18. The second kappa shape index (κ2) is 7.85. The standard InChI is InChI=1S/C26H21NO/c27-23-15-11-21(12-16-23)26(22-13-17-24(28)18-14-22)25(19-7-3-1-4-8-19)20-9-5-2-6-10-20/h1-18,28H,27H2. The average molecular weight is 363 g/mol. The Labute approximate surface area is 165 Å². The molecular weight excluding hydrogens is 342 g/mol. The molecule has 28 heavy (non-hydrogen) atoms. The van der Waals surface area contributed by atoms with Crippen molar-refractivity contribution in [2.45, 2.75) is 0 Å². The Balaban J connectivity index is 2.08. The summed E-state index contributed by atoms with van der Waals surface area (Å²) in [4.78, 5) is 0. The summed E-state index contributed by atoms with van der Waals surface area (Å²) in [5, 5.41) is 9.79. The Kier molecular flexibility index (Phi) is 4.94. The second-order valence-corrected chi connectivity index (χ2v) is 6.65. The fourth-order valence-corrected chi connectivity index (χ4v) is 3.40. The van der Waals surface area contributed by atoms with Crippen molar-refractivity contribution in [3.63, 3.8) is 0 Å². The number of benzene rings is 4. The minimum Gasteiger partial charge on any atom is -0.508 e. The number of anilines is 1. The maximum Gasteiger partial charge on any atom is 0.115 e. The smallest absolute Gasteiger partial charge is 0.115 e. The zero-order chi connectivity index (χ0) is 19.3. The highest BCUT2D eigenvalue weighted by Crippen LogP contribution is 2.37. The highest BCUT2D eigenvalue weighted by atomic mass is 16.3. The van der Waals surface area contributed by atoms with Gasteiger partial charge in [0.1, 0.15) is 5.75 Å². The molecular formula is C26H21NO. The largest absolute Gasteiger partial charge is 0.508 e. The first kappa shape index (κ1) is 17.6. The zero-order valence-electron chi connectivity index (χ0n) is 15.4. The second-order valence-electron chi connectivity index (χ2n) is 6.65. The molecule has 0 aliphatic carbocycles. The molecule has 2 nitrogen and oxygen atoms in total. The monoisotopic (exact) mass is 363 g/mol. The normalized spacial score (nSPS) is 10.4. The molecule has 0 bridgehead atoms. The van der Waals surface area contributed by atoms with Gasteiger partial charge in [0.25, 0.3) is 0 Å². The number of rotatable bonds is 4. The molecule has 0 saturated carbocycles. The van der Waals surface area contributed by atoms with Crippen molar-refractivity contribution >= 4 is 16.8 Å². The van der Waals surface area contributed by atoms with Crippen LogP contribution in [0.2, 0.25) is 0 Å². The van der Waals surface area contributed by atoms with Gasteiger partial charge in [-0.3, -0.25) is 0 Å². The van der Waals surface area contributed by atoms with Crippen molar-refractivity contribution < 1.29 is 5.11 Å². The van der Waals surface area contributed by atoms with Crippen LogP contribution in [0.15, 0.2) is 109 Å². The highest BCUT2D eigenvalue weighted by Gasteiger charge is 2.16. The summed E-state index contributed by atoms with van der Waals surface area (Å²) in [6.07, 6.45) is 0. The summed E-state index contributed by atoms with van der Waals surface area (Å²) in [6.45, 7) is 0. The van der Waals surface area contributed by atoms with E-state index in [2.05, 4.69) is 48.5 Å². The summed E-state index contributed by atoms with van der Waals surface area (Å²) in [7, 11) is 0. The molecule has 4 aromatic rings. The minimum absolute atomic E-state index is 0.251. The first-order valence-corrected chi connectivity index (χ1v) is 9.23. The molecule has 0 aliphatic heterocycles. The summed E-state index contributed by atoms with van der Waals surface area (Å²) in [6, 6.07) is 36.0. The molecule has 0 unspecified atom stereocenters. The maximum atomic E-state index is 9.79. The van der Waals surface area contributed by atoms with E-state index in [-0.39, 0.29) is 5.75 Å². The topological polar surface area (TPSA) is 46.2 Å². The number of phenolic OH excluding ortho intramolecular Hbond substituents is 1. The van der Waals surface area contributed by atoms with Crippen molar-refractivity contribution in [1.82, 2.24) is 0 Å². The zero-order valence-corrected chi connectivity index (χ0v) is 15.4. The minimum atomic E-state index is 0.251. The Morgan fingerprint density at radius 2 is 0.821 bits per heavy atom. The van der Waals surface area contributed by atoms with Crippen molar-refractivity contribution in [3.8, 4) is 5.75 Å². The van der Waals surface area contributed by atoms with Crippen LogP contribution >= 0.6 is 0 Å². The molecule has 0 heterocycles. The van der Waals surface area contributed by atoms with E-state index >= 15 is 0 Å². The van der Waals surface area contributed by atoms with E-state index in [1.807, 2.05) is 48.5 Å². The first-order chi connectivity index (χ1) is 13.7. The van der Waals surface area contributed by atoms with Gasteiger partial charge in [0, 0.05) is 5.69 Å². The predicted molar refractivity (Wildman–Crippen MR) is 117 cm³/mol. The molecule has 2 heteroatoms. The molecule has 3 N–H and O–H groups in total. The lowest BCUT2D eigenvalue weighted by atomic mass is 9.86. The first-order valence-electron chi connectivity index (χ1n) is 9.23. The van der Waals surface area contributed by atoms with E-state index in [1.165, 1.54) is 0 Å². The van der Waals surface area contributed by atoms with Crippen molar-refractivity contribution in [3.05, 3.63) is 131 Å². The van der Waals surface area contributed by atoms with Gasteiger partial charge in [0.15, 0.2) is 0 Å². The van der Waals surface area contributed by atoms with Gasteiger partial charge in [-0.2, -0.15) is 0 Å². The SMILES string of the molecule is Nc1ccc(C(=C(c2ccccc2)c2ccccc2)c2ccc(O)cc2)cc1. The Hall–Kier alpha value is -3.78. The van der Waals surface area contributed by atoms with Crippen LogP contribution in [0.1, 0.15) is 22.3 Å². The highest BCUT2D eigenvalue weighted by molar-refractivity contribution is 6.04. The van der Waals surface area contributed by atoms with Gasteiger partial charge < -0.3 is 10.8 Å². The average Bonchev–Trinajstić information content (AvgIpc) is 2.75. The molecule has 0 fully saturated rings. The number of phenols is 1. The van der Waals surface area contributed by atoms with E-state index in [0.29, 0.717) is 0 Å². The van der Waals surface area contributed by atoms with Crippen LogP contribution in [-0.4, -0.2) is 5.11 Å². The number of hydrogen-bond donors (Lipinski definition) is 2. The van der Waals surface area contributed by atoms with Crippen LogP contribution in [0.25, 0.3) is 11.1 Å². The molecule has 4 aromatic carbocycles. The molecule has 0 amide bonds. The van der Waals surface area contributed by atoms with Gasteiger partial charge in [0.2, 0.25) is 0 Å². The fraction of sp³-hybridized carbons (Fsp3) is 0. The van der Waals surface area contributed by atoms with E-state index in [0.717, 1.165) is 39.1 Å². The fourth-order valence-electron chi connectivity index (χ4n) is 3.40. The van der Waals surface area contributed by atoms with Crippen LogP contribution in [0.3, 0.4) is 0 Å². The van der Waals surface area contributed by atoms with Gasteiger partial charge in [-0.05, 0) is 57.7 Å². The third-order valence-electron chi connectivity index (χ3n) is 4.73. The van der Waals surface area contributed by atoms with Crippen LogP contribution in [0, 0.1) is 0 Å². The Morgan fingerprint density at radius 3 is 1.25 bits per heavy atom. The molecule has 0 saturated heterocycles. The molecule has 4 rings (SSSR count). The lowest BCUT2D eigenvalue weighted by Crippen LogP contribution is -1.97. The Bertz CT molecular complexity index is 992. The van der Waals surface area contributed by atoms with E-state index < -0.39 is 0 Å². The number of aromatic hydroxyl groups is 1. The van der Waals surface area contributed by atoms with Crippen LogP contribution < -0.4 is 5.73 Å². The molecule has 0 aliphatic rings. The number of nitrogen functional groups attached to an aromatic ring is 1. The van der Waals surface area contributed by atoms with Crippen molar-refractivity contribution in [1.29, 1.82) is 0 Å². The van der Waals surface area contributed by atoms with E-state index in [4.69, 9.17) is 5.73 Å². The van der Waals surface area contributed by atoms with Crippen LogP contribution in [0.4, 0.5) is 5.69 Å². The molecule has 0 radical (unpaired) electrons. The van der Waals surface area contributed by atoms with Gasteiger partial charge in [-0.15, -0.1) is 0 Å². The number of hydrogen-bond acceptors (Lipinski definition) is 2. The quantitative estimate of drug-likeness (QED) is 0.346. The summed E-state index contributed by atoms with van der Waals surface area (Å²) >= 11 is 0. The van der Waals surface area contributed by atoms with Gasteiger partial charge in [-0.1, -0.05) is 84.9 Å². The summed E-state index contributed by atoms with van der Waals surface area (Å²) in [5.41, 5.74) is 13.3. The van der Waals surface area contributed by atoms with Gasteiger partial charge in [0.05, 0.1) is 0 Å². The third-order valence-corrected chi connectivity index (χ3v) is 4.73. The van der Waals surface area contributed by atoms with Gasteiger partial charge in [-0.25, -0.2) is 0 Å². The third kappa shape index (κ3) is 3.67.